The molecule has 7 N–H and O–H groups in total. The first kappa shape index (κ1) is 20.7. The molecule has 1 aliphatic rings. The van der Waals surface area contributed by atoms with Crippen LogP contribution in [0.15, 0.2) is 12.7 Å². The Morgan fingerprint density at radius 2 is 2.21 bits per heavy atom. The standard InChI is InChI=1S/C15H23N7O5S/c1-28-3-2-7(15(25)27-17)18-4-8-10(23)11(24)14(26-8)22-6-21-9-12(16)19-5-20-13(9)22/h5-8,10-11,14,18,23-24H,2-4,17H2,1H3,(H2,16,19,20)/t7-,8+,10+,11+,14+/m0/s1. The van der Waals surface area contributed by atoms with Crippen molar-refractivity contribution >= 4 is 34.7 Å². The number of aliphatic hydroxyl groups is 2. The van der Waals surface area contributed by atoms with Crippen LogP contribution in [0, 0.1) is 0 Å². The third kappa shape index (κ3) is 4.04. The van der Waals surface area contributed by atoms with Gasteiger partial charge in [0.25, 0.3) is 0 Å². The fourth-order valence-electron chi connectivity index (χ4n) is 3.06. The highest BCUT2D eigenvalue weighted by molar-refractivity contribution is 7.98. The molecule has 2 aromatic rings. The Bertz CT molecular complexity index is 821. The summed E-state index contributed by atoms with van der Waals surface area (Å²) in [4.78, 5) is 28.2. The number of aliphatic hydroxyl groups excluding tert-OH is 2. The molecule has 0 saturated carbocycles. The van der Waals surface area contributed by atoms with Gasteiger partial charge in [-0.25, -0.2) is 19.7 Å². The van der Waals surface area contributed by atoms with Crippen LogP contribution in [0.3, 0.4) is 0 Å². The molecule has 0 radical (unpaired) electrons. The summed E-state index contributed by atoms with van der Waals surface area (Å²) in [7, 11) is 0. The molecular weight excluding hydrogens is 390 g/mol. The topological polar surface area (TPSA) is 184 Å². The lowest BCUT2D eigenvalue weighted by Gasteiger charge is -2.20. The fraction of sp³-hybridized carbons (Fsp3) is 0.600. The van der Waals surface area contributed by atoms with Crippen LogP contribution in [0.25, 0.3) is 11.2 Å². The van der Waals surface area contributed by atoms with E-state index in [1.807, 2.05) is 6.26 Å². The van der Waals surface area contributed by atoms with E-state index in [4.69, 9.17) is 16.4 Å². The lowest BCUT2D eigenvalue weighted by atomic mass is 10.1. The molecule has 3 heterocycles. The normalized spacial score (nSPS) is 25.9. The number of thioether (sulfide) groups is 1. The third-order valence-corrected chi connectivity index (χ3v) is 5.22. The van der Waals surface area contributed by atoms with E-state index in [0.717, 1.165) is 0 Å². The minimum absolute atomic E-state index is 0.104. The molecule has 0 unspecified atom stereocenters. The van der Waals surface area contributed by atoms with E-state index in [9.17, 15) is 15.0 Å². The highest BCUT2D eigenvalue weighted by atomic mass is 32.2. The van der Waals surface area contributed by atoms with Crippen molar-refractivity contribution < 1.29 is 24.6 Å². The molecule has 154 valence electrons. The van der Waals surface area contributed by atoms with Crippen molar-refractivity contribution in [3.8, 4) is 0 Å². The molecule has 3 rings (SSSR count). The SMILES string of the molecule is CSCC[C@H](NC[C@H]1O[C@@H](n2cnc3c(N)ncnc32)[C@H](O)[C@@H]1O)C(=O)ON. The number of nitrogens with two attached hydrogens (primary N) is 2. The number of carbonyl (C=O) groups is 1. The number of imidazole rings is 1. The van der Waals surface area contributed by atoms with Crippen LogP contribution < -0.4 is 16.9 Å². The van der Waals surface area contributed by atoms with Crippen LogP contribution in [-0.4, -0.2) is 78.6 Å². The van der Waals surface area contributed by atoms with Crippen LogP contribution in [0.1, 0.15) is 12.6 Å². The van der Waals surface area contributed by atoms with E-state index in [0.29, 0.717) is 23.3 Å². The van der Waals surface area contributed by atoms with Crippen molar-refractivity contribution in [2.45, 2.75) is 37.0 Å². The molecule has 0 bridgehead atoms. The van der Waals surface area contributed by atoms with E-state index in [2.05, 4.69) is 25.1 Å². The highest BCUT2D eigenvalue weighted by Gasteiger charge is 2.44. The van der Waals surface area contributed by atoms with Crippen LogP contribution in [0.5, 0.6) is 0 Å². The molecule has 28 heavy (non-hydrogen) atoms. The second kappa shape index (κ2) is 8.98. The Kier molecular flexibility index (Phi) is 6.64. The Morgan fingerprint density at radius 3 is 2.93 bits per heavy atom. The summed E-state index contributed by atoms with van der Waals surface area (Å²) < 4.78 is 7.30. The second-order valence-electron chi connectivity index (χ2n) is 6.31. The summed E-state index contributed by atoms with van der Waals surface area (Å²) >= 11 is 1.58. The average molecular weight is 413 g/mol. The zero-order chi connectivity index (χ0) is 20.3. The van der Waals surface area contributed by atoms with E-state index in [1.165, 1.54) is 17.2 Å². The summed E-state index contributed by atoms with van der Waals surface area (Å²) in [5.41, 5.74) is 6.52. The molecule has 0 aromatic carbocycles. The number of fused-ring (bicyclic) bond motifs is 1. The van der Waals surface area contributed by atoms with Gasteiger partial charge in [0.1, 0.15) is 36.2 Å². The number of anilines is 1. The Labute approximate surface area is 164 Å². The van der Waals surface area contributed by atoms with Gasteiger partial charge in [0, 0.05) is 6.54 Å². The first-order chi connectivity index (χ1) is 13.5. The highest BCUT2D eigenvalue weighted by Crippen LogP contribution is 2.31. The zero-order valence-corrected chi connectivity index (χ0v) is 16.0. The summed E-state index contributed by atoms with van der Waals surface area (Å²) in [6.07, 6.45) is 0.984. The maximum atomic E-state index is 11.8. The summed E-state index contributed by atoms with van der Waals surface area (Å²) in [6.45, 7) is 0.104. The number of rotatable bonds is 8. The van der Waals surface area contributed by atoms with Gasteiger partial charge in [-0.1, -0.05) is 0 Å². The van der Waals surface area contributed by atoms with Crippen molar-refractivity contribution in [1.29, 1.82) is 0 Å². The van der Waals surface area contributed by atoms with Gasteiger partial charge in [-0.3, -0.25) is 4.57 Å². The predicted octanol–water partition coefficient (Wildman–Crippen LogP) is -1.84. The molecule has 1 aliphatic heterocycles. The quantitative estimate of drug-likeness (QED) is 0.305. The van der Waals surface area contributed by atoms with Gasteiger partial charge < -0.3 is 30.8 Å². The molecular formula is C15H23N7O5S. The van der Waals surface area contributed by atoms with E-state index < -0.39 is 36.6 Å². The van der Waals surface area contributed by atoms with Gasteiger partial charge in [0.2, 0.25) is 0 Å². The van der Waals surface area contributed by atoms with Crippen molar-refractivity contribution in [3.63, 3.8) is 0 Å². The van der Waals surface area contributed by atoms with Crippen molar-refractivity contribution in [2.75, 3.05) is 24.3 Å². The molecule has 5 atom stereocenters. The number of carbonyl (C=O) groups excluding carboxylic acids is 1. The minimum atomic E-state index is -1.23. The maximum Gasteiger partial charge on any atom is 0.341 e. The monoisotopic (exact) mass is 413 g/mol. The van der Waals surface area contributed by atoms with E-state index in [1.54, 1.807) is 11.8 Å². The predicted molar refractivity (Wildman–Crippen MR) is 101 cm³/mol. The van der Waals surface area contributed by atoms with Gasteiger partial charge in [-0.05, 0) is 18.4 Å². The van der Waals surface area contributed by atoms with Gasteiger partial charge in [0.15, 0.2) is 17.7 Å². The van der Waals surface area contributed by atoms with Gasteiger partial charge in [-0.15, -0.1) is 0 Å². The second-order valence-corrected chi connectivity index (χ2v) is 7.29. The molecule has 12 nitrogen and oxygen atoms in total. The third-order valence-electron chi connectivity index (χ3n) is 4.58. The summed E-state index contributed by atoms with van der Waals surface area (Å²) in [6, 6.07) is -0.647. The first-order valence-corrected chi connectivity index (χ1v) is 9.94. The lowest BCUT2D eigenvalue weighted by molar-refractivity contribution is -0.147. The van der Waals surface area contributed by atoms with Crippen LogP contribution in [0.4, 0.5) is 5.82 Å². The molecule has 1 saturated heterocycles. The summed E-state index contributed by atoms with van der Waals surface area (Å²) in [5.74, 6) is 5.29. The Balaban J connectivity index is 1.71. The van der Waals surface area contributed by atoms with E-state index in [-0.39, 0.29) is 12.4 Å². The number of nitrogen functional groups attached to an aromatic ring is 1. The number of hydrogen-bond acceptors (Lipinski definition) is 12. The number of nitrogens with zero attached hydrogens (tertiary/aromatic N) is 4. The van der Waals surface area contributed by atoms with Gasteiger partial charge >= 0.3 is 5.97 Å². The Morgan fingerprint density at radius 1 is 1.43 bits per heavy atom. The molecule has 0 spiro atoms. The number of aromatic nitrogens is 4. The number of nitrogens with one attached hydrogen (secondary N) is 1. The number of hydrogen-bond donors (Lipinski definition) is 5. The fourth-order valence-corrected chi connectivity index (χ4v) is 3.53. The lowest BCUT2D eigenvalue weighted by Crippen LogP contribution is -2.46. The van der Waals surface area contributed by atoms with E-state index >= 15 is 0 Å². The van der Waals surface area contributed by atoms with Gasteiger partial charge in [0.05, 0.1) is 6.33 Å². The molecule has 13 heteroatoms. The van der Waals surface area contributed by atoms with Crippen LogP contribution in [0.2, 0.25) is 0 Å². The molecule has 0 aliphatic carbocycles. The van der Waals surface area contributed by atoms with Crippen LogP contribution in [-0.2, 0) is 14.4 Å². The zero-order valence-electron chi connectivity index (χ0n) is 15.1. The molecule has 2 aromatic heterocycles. The van der Waals surface area contributed by atoms with Gasteiger partial charge in [-0.2, -0.15) is 17.7 Å². The Hall–Kier alpha value is -2.03. The number of ether oxygens (including phenoxy) is 1. The smallest absolute Gasteiger partial charge is 0.341 e. The first-order valence-electron chi connectivity index (χ1n) is 8.55. The average Bonchev–Trinajstić information content (AvgIpc) is 3.24. The van der Waals surface area contributed by atoms with Crippen molar-refractivity contribution in [3.05, 3.63) is 12.7 Å². The minimum Gasteiger partial charge on any atom is -0.387 e. The summed E-state index contributed by atoms with van der Waals surface area (Å²) in [5, 5.41) is 23.8. The van der Waals surface area contributed by atoms with Crippen molar-refractivity contribution in [1.82, 2.24) is 24.8 Å². The maximum absolute atomic E-state index is 11.8. The van der Waals surface area contributed by atoms with Crippen LogP contribution >= 0.6 is 11.8 Å². The molecule has 0 amide bonds. The van der Waals surface area contributed by atoms with Crippen molar-refractivity contribution in [2.24, 2.45) is 5.90 Å². The molecule has 1 fully saturated rings. The largest absolute Gasteiger partial charge is 0.387 e.